The molecule has 1 fully saturated rings. The number of benzene rings is 2. The fourth-order valence-electron chi connectivity index (χ4n) is 5.40. The Kier molecular flexibility index (Phi) is 4.14. The van der Waals surface area contributed by atoms with Crippen LogP contribution in [0.5, 0.6) is 5.75 Å². The fraction of sp³-hybridized carbons (Fsp3) is 0.458. The van der Waals surface area contributed by atoms with Gasteiger partial charge in [-0.3, -0.25) is 0 Å². The lowest BCUT2D eigenvalue weighted by atomic mass is 9.50. The third-order valence-electron chi connectivity index (χ3n) is 6.70. The molecule has 0 amide bonds. The molecule has 0 saturated heterocycles. The summed E-state index contributed by atoms with van der Waals surface area (Å²) < 4.78 is 6.12. The maximum atomic E-state index is 6.12. The summed E-state index contributed by atoms with van der Waals surface area (Å²) in [6, 6.07) is 17.2. The van der Waals surface area contributed by atoms with Gasteiger partial charge >= 0.3 is 0 Å². The molecule has 131 valence electrons. The van der Waals surface area contributed by atoms with E-state index < -0.39 is 0 Å². The third-order valence-corrected chi connectivity index (χ3v) is 6.70. The topological polar surface area (TPSA) is 9.23 Å². The predicted octanol–water partition coefficient (Wildman–Crippen LogP) is 6.11. The molecule has 0 spiro atoms. The van der Waals surface area contributed by atoms with Gasteiger partial charge in [-0.05, 0) is 78.2 Å². The first kappa shape index (κ1) is 16.7. The minimum Gasteiger partial charge on any atom is -0.489 e. The Bertz CT molecular complexity index is 746. The Morgan fingerprint density at radius 2 is 1.88 bits per heavy atom. The molecule has 25 heavy (non-hydrogen) atoms. The van der Waals surface area contributed by atoms with Crippen molar-refractivity contribution in [1.82, 2.24) is 0 Å². The van der Waals surface area contributed by atoms with Crippen LogP contribution >= 0.6 is 0 Å². The van der Waals surface area contributed by atoms with E-state index in [0.717, 1.165) is 5.75 Å². The van der Waals surface area contributed by atoms with Gasteiger partial charge in [0, 0.05) is 0 Å². The van der Waals surface area contributed by atoms with Crippen LogP contribution in [0.25, 0.3) is 0 Å². The van der Waals surface area contributed by atoms with Crippen molar-refractivity contribution in [2.75, 3.05) is 0 Å². The summed E-state index contributed by atoms with van der Waals surface area (Å²) in [6.07, 6.45) is 6.26. The van der Waals surface area contributed by atoms with Crippen LogP contribution in [-0.2, 0) is 18.4 Å². The second-order valence-corrected chi connectivity index (χ2v) is 8.61. The Balaban J connectivity index is 1.62. The molecule has 2 aromatic rings. The van der Waals surface area contributed by atoms with E-state index in [9.17, 15) is 0 Å². The van der Waals surface area contributed by atoms with Gasteiger partial charge in [0.1, 0.15) is 12.4 Å². The van der Waals surface area contributed by atoms with Crippen molar-refractivity contribution < 1.29 is 4.74 Å². The van der Waals surface area contributed by atoms with Crippen molar-refractivity contribution in [2.45, 2.75) is 58.0 Å². The van der Waals surface area contributed by atoms with Crippen LogP contribution in [0.3, 0.4) is 0 Å². The molecule has 0 aliphatic heterocycles. The van der Waals surface area contributed by atoms with Crippen molar-refractivity contribution in [3.05, 3.63) is 72.1 Å². The number of hydrogen-bond donors (Lipinski definition) is 0. The fourth-order valence-corrected chi connectivity index (χ4v) is 5.40. The van der Waals surface area contributed by atoms with Crippen LogP contribution < -0.4 is 4.74 Å². The van der Waals surface area contributed by atoms with Crippen LogP contribution in [0.2, 0.25) is 0 Å². The van der Waals surface area contributed by atoms with E-state index in [1.165, 1.54) is 48.8 Å². The van der Waals surface area contributed by atoms with Crippen molar-refractivity contribution in [1.29, 1.82) is 0 Å². The quantitative estimate of drug-likeness (QED) is 0.658. The van der Waals surface area contributed by atoms with E-state index in [1.807, 2.05) is 6.07 Å². The molecule has 0 bridgehead atoms. The van der Waals surface area contributed by atoms with Gasteiger partial charge in [0.2, 0.25) is 0 Å². The average Bonchev–Trinajstić information content (AvgIpc) is 2.60. The molecular weight excluding hydrogens is 304 g/mol. The van der Waals surface area contributed by atoms with E-state index >= 15 is 0 Å². The van der Waals surface area contributed by atoms with Gasteiger partial charge in [-0.25, -0.2) is 0 Å². The summed E-state index contributed by atoms with van der Waals surface area (Å²) in [5, 5.41) is 0. The molecule has 0 aromatic heterocycles. The van der Waals surface area contributed by atoms with Gasteiger partial charge in [-0.2, -0.15) is 0 Å². The summed E-state index contributed by atoms with van der Waals surface area (Å²) in [5.41, 5.74) is 4.69. The lowest BCUT2D eigenvalue weighted by molar-refractivity contribution is 0.0607. The standard InChI is InChI=1S/C24H29O/c1-23(2)14-7-15-24(3)21-16-20(12-10-19(21)11-13-22(23)24)25-17-18-8-5-4-6-9-18/h4-6,8-10,12,16,22H,1,7,11,13-15,17H2,2-3H3/t22-,23+,24+/m0/s1. The van der Waals surface area contributed by atoms with E-state index in [1.54, 1.807) is 0 Å². The number of rotatable bonds is 3. The summed E-state index contributed by atoms with van der Waals surface area (Å²) in [6.45, 7) is 10.1. The van der Waals surface area contributed by atoms with Gasteiger partial charge in [0.05, 0.1) is 0 Å². The lowest BCUT2D eigenvalue weighted by Gasteiger charge is -2.54. The molecule has 0 heterocycles. The normalized spacial score (nSPS) is 27.2. The van der Waals surface area contributed by atoms with Gasteiger partial charge < -0.3 is 4.74 Å². The molecular formula is C24H29O. The minimum atomic E-state index is 0.200. The number of fused-ring (bicyclic) bond motifs is 3. The lowest BCUT2D eigenvalue weighted by Crippen LogP contribution is -2.48. The molecule has 0 unspecified atom stereocenters. The molecule has 3 atom stereocenters. The third kappa shape index (κ3) is 2.99. The van der Waals surface area contributed by atoms with E-state index in [-0.39, 0.29) is 10.8 Å². The number of ether oxygens (including phenoxy) is 1. The van der Waals surface area contributed by atoms with Crippen molar-refractivity contribution in [2.24, 2.45) is 11.3 Å². The highest BCUT2D eigenvalue weighted by Crippen LogP contribution is 2.57. The largest absolute Gasteiger partial charge is 0.489 e. The first-order chi connectivity index (χ1) is 12.0. The highest BCUT2D eigenvalue weighted by Gasteiger charge is 2.49. The summed E-state index contributed by atoms with van der Waals surface area (Å²) in [7, 11) is 0. The Morgan fingerprint density at radius 1 is 1.08 bits per heavy atom. The SMILES string of the molecule is [CH2][C@@]1(C)CCC[C@]2(C)c3cc(OCc4ccccc4)ccc3CC[C@@H]12. The minimum absolute atomic E-state index is 0.200. The van der Waals surface area contributed by atoms with E-state index in [2.05, 4.69) is 63.2 Å². The van der Waals surface area contributed by atoms with E-state index in [0.29, 0.717) is 12.5 Å². The highest BCUT2D eigenvalue weighted by atomic mass is 16.5. The second-order valence-electron chi connectivity index (χ2n) is 8.61. The zero-order chi connectivity index (χ0) is 17.5. The average molecular weight is 333 g/mol. The smallest absolute Gasteiger partial charge is 0.120 e. The second kappa shape index (κ2) is 6.20. The Hall–Kier alpha value is -1.76. The summed E-state index contributed by atoms with van der Waals surface area (Å²) in [4.78, 5) is 0. The maximum Gasteiger partial charge on any atom is 0.120 e. The first-order valence-electron chi connectivity index (χ1n) is 9.64. The zero-order valence-corrected chi connectivity index (χ0v) is 15.6. The van der Waals surface area contributed by atoms with Crippen molar-refractivity contribution in [3.8, 4) is 5.75 Å². The van der Waals surface area contributed by atoms with Crippen LogP contribution in [0.15, 0.2) is 48.5 Å². The van der Waals surface area contributed by atoms with Crippen LogP contribution in [-0.4, -0.2) is 0 Å². The molecule has 4 rings (SSSR count). The van der Waals surface area contributed by atoms with Gasteiger partial charge in [-0.1, -0.05) is 56.7 Å². The Morgan fingerprint density at radius 3 is 2.68 bits per heavy atom. The summed E-state index contributed by atoms with van der Waals surface area (Å²) in [5.74, 6) is 1.67. The van der Waals surface area contributed by atoms with Crippen molar-refractivity contribution >= 4 is 0 Å². The van der Waals surface area contributed by atoms with Crippen LogP contribution in [0, 0.1) is 18.3 Å². The van der Waals surface area contributed by atoms with Crippen LogP contribution in [0.4, 0.5) is 0 Å². The molecule has 2 aliphatic carbocycles. The molecule has 2 aliphatic rings. The monoisotopic (exact) mass is 333 g/mol. The maximum absolute atomic E-state index is 6.12. The Labute approximate surface area is 152 Å². The molecule has 0 N–H and O–H groups in total. The zero-order valence-electron chi connectivity index (χ0n) is 15.6. The predicted molar refractivity (Wildman–Crippen MR) is 104 cm³/mol. The van der Waals surface area contributed by atoms with Crippen LogP contribution in [0.1, 0.15) is 56.2 Å². The molecule has 1 heteroatoms. The van der Waals surface area contributed by atoms with E-state index in [4.69, 9.17) is 4.74 Å². The summed E-state index contributed by atoms with van der Waals surface area (Å²) >= 11 is 0. The molecule has 1 radical (unpaired) electrons. The highest BCUT2D eigenvalue weighted by molar-refractivity contribution is 5.44. The molecule has 1 nitrogen and oxygen atoms in total. The number of aryl methyl sites for hydroxylation is 1. The van der Waals surface area contributed by atoms with Gasteiger partial charge in [0.15, 0.2) is 0 Å². The molecule has 2 aromatic carbocycles. The van der Waals surface area contributed by atoms with Gasteiger partial charge in [-0.15, -0.1) is 0 Å². The van der Waals surface area contributed by atoms with Gasteiger partial charge in [0.25, 0.3) is 0 Å². The molecule has 1 saturated carbocycles. The number of hydrogen-bond acceptors (Lipinski definition) is 1. The first-order valence-corrected chi connectivity index (χ1v) is 9.64. The van der Waals surface area contributed by atoms with Crippen molar-refractivity contribution in [3.63, 3.8) is 0 Å².